The van der Waals surface area contributed by atoms with Crippen molar-refractivity contribution in [2.24, 2.45) is 0 Å². The Kier molecular flexibility index (Phi) is 3.03. The van der Waals surface area contributed by atoms with Gasteiger partial charge in [0.1, 0.15) is 0 Å². The van der Waals surface area contributed by atoms with Crippen molar-refractivity contribution in [1.29, 1.82) is 0 Å². The monoisotopic (exact) mass is 237 g/mol. The predicted molar refractivity (Wildman–Crippen MR) is 59.6 cm³/mol. The molecule has 0 saturated heterocycles. The van der Waals surface area contributed by atoms with Gasteiger partial charge in [-0.3, -0.25) is 0 Å². The van der Waals surface area contributed by atoms with Crippen LogP contribution < -0.4 is 0 Å². The van der Waals surface area contributed by atoms with Crippen molar-refractivity contribution in [3.63, 3.8) is 0 Å². The largest absolute Gasteiger partial charge is 0.478 e. The molecular formula is C10H7NO2S2. The minimum Gasteiger partial charge on any atom is -0.478 e. The Hall–Kier alpha value is -1.33. The molecule has 2 rings (SSSR count). The van der Waals surface area contributed by atoms with Crippen LogP contribution in [0.15, 0.2) is 45.1 Å². The van der Waals surface area contributed by atoms with Gasteiger partial charge in [-0.15, -0.1) is 11.3 Å². The highest BCUT2D eigenvalue weighted by atomic mass is 32.2. The topological polar surface area (TPSA) is 50.2 Å². The summed E-state index contributed by atoms with van der Waals surface area (Å²) in [4.78, 5) is 15.7. The third kappa shape index (κ3) is 2.57. The molecule has 0 bridgehead atoms. The minimum atomic E-state index is -0.902. The van der Waals surface area contributed by atoms with Crippen molar-refractivity contribution in [3.05, 3.63) is 41.4 Å². The van der Waals surface area contributed by atoms with Crippen LogP contribution >= 0.6 is 23.1 Å². The number of aromatic nitrogens is 1. The molecule has 1 aromatic heterocycles. The lowest BCUT2D eigenvalue weighted by Gasteiger charge is -1.98. The summed E-state index contributed by atoms with van der Waals surface area (Å²) in [5.74, 6) is -0.902. The van der Waals surface area contributed by atoms with Crippen molar-refractivity contribution in [2.75, 3.05) is 0 Å². The van der Waals surface area contributed by atoms with Crippen LogP contribution in [0.4, 0.5) is 0 Å². The Morgan fingerprint density at radius 2 is 2.07 bits per heavy atom. The smallest absolute Gasteiger partial charge is 0.335 e. The summed E-state index contributed by atoms with van der Waals surface area (Å²) in [5, 5.41) is 10.6. The van der Waals surface area contributed by atoms with Crippen LogP contribution in [0.5, 0.6) is 0 Å². The van der Waals surface area contributed by atoms with Crippen LogP contribution in [-0.4, -0.2) is 16.1 Å². The number of benzene rings is 1. The fraction of sp³-hybridized carbons (Fsp3) is 0. The molecule has 0 aliphatic carbocycles. The van der Waals surface area contributed by atoms with E-state index in [0.717, 1.165) is 9.24 Å². The molecule has 76 valence electrons. The Balaban J connectivity index is 2.14. The van der Waals surface area contributed by atoms with E-state index in [1.165, 1.54) is 11.8 Å². The molecule has 15 heavy (non-hydrogen) atoms. The van der Waals surface area contributed by atoms with E-state index >= 15 is 0 Å². The quantitative estimate of drug-likeness (QED) is 0.891. The third-order valence-electron chi connectivity index (χ3n) is 1.72. The molecule has 5 heteroatoms. The maximum Gasteiger partial charge on any atom is 0.335 e. The molecular weight excluding hydrogens is 230 g/mol. The highest BCUT2D eigenvalue weighted by molar-refractivity contribution is 8.01. The minimum absolute atomic E-state index is 0.304. The molecule has 0 aliphatic rings. The van der Waals surface area contributed by atoms with Gasteiger partial charge in [-0.1, -0.05) is 11.8 Å². The van der Waals surface area contributed by atoms with Crippen molar-refractivity contribution in [1.82, 2.24) is 4.98 Å². The molecule has 0 amide bonds. The van der Waals surface area contributed by atoms with Crippen LogP contribution in [0.1, 0.15) is 10.4 Å². The summed E-state index contributed by atoms with van der Waals surface area (Å²) in [6, 6.07) is 6.77. The van der Waals surface area contributed by atoms with Crippen molar-refractivity contribution in [2.45, 2.75) is 9.24 Å². The first-order valence-corrected chi connectivity index (χ1v) is 5.86. The molecule has 3 nitrogen and oxygen atoms in total. The van der Waals surface area contributed by atoms with Gasteiger partial charge in [0.05, 0.1) is 5.56 Å². The van der Waals surface area contributed by atoms with Crippen LogP contribution in [0, 0.1) is 0 Å². The number of nitrogens with zero attached hydrogens (tertiary/aromatic N) is 1. The number of aromatic carboxylic acids is 1. The van der Waals surface area contributed by atoms with E-state index in [4.69, 9.17) is 5.11 Å². The summed E-state index contributed by atoms with van der Waals surface area (Å²) >= 11 is 3.09. The van der Waals surface area contributed by atoms with Crippen molar-refractivity contribution < 1.29 is 9.90 Å². The number of rotatable bonds is 3. The van der Waals surface area contributed by atoms with Gasteiger partial charge in [0, 0.05) is 16.5 Å². The van der Waals surface area contributed by atoms with Gasteiger partial charge in [-0.2, -0.15) is 0 Å². The van der Waals surface area contributed by atoms with E-state index in [9.17, 15) is 4.79 Å². The third-order valence-corrected chi connectivity index (χ3v) is 3.61. The first-order chi connectivity index (χ1) is 7.25. The predicted octanol–water partition coefficient (Wildman–Crippen LogP) is 2.99. The van der Waals surface area contributed by atoms with Gasteiger partial charge in [0.25, 0.3) is 0 Å². The molecule has 1 heterocycles. The molecule has 0 atom stereocenters. The van der Waals surface area contributed by atoms with Gasteiger partial charge in [0.15, 0.2) is 4.34 Å². The highest BCUT2D eigenvalue weighted by Crippen LogP contribution is 2.28. The maximum atomic E-state index is 10.6. The van der Waals surface area contributed by atoms with Crippen LogP contribution in [0.25, 0.3) is 0 Å². The average molecular weight is 237 g/mol. The van der Waals surface area contributed by atoms with Crippen molar-refractivity contribution >= 4 is 29.1 Å². The molecule has 0 aliphatic heterocycles. The second-order valence-electron chi connectivity index (χ2n) is 2.73. The molecule has 0 spiro atoms. The van der Waals surface area contributed by atoms with Crippen molar-refractivity contribution in [3.8, 4) is 0 Å². The Labute approximate surface area is 94.8 Å². The first kappa shape index (κ1) is 10.2. The SMILES string of the molecule is O=C(O)c1ccc(Sc2nccs2)cc1. The van der Waals surface area contributed by atoms with Gasteiger partial charge < -0.3 is 5.11 Å². The van der Waals surface area contributed by atoms with E-state index in [-0.39, 0.29) is 0 Å². The second-order valence-corrected chi connectivity index (χ2v) is 4.94. The average Bonchev–Trinajstić information content (AvgIpc) is 2.71. The van der Waals surface area contributed by atoms with Gasteiger partial charge >= 0.3 is 5.97 Å². The molecule has 0 saturated carbocycles. The summed E-state index contributed by atoms with van der Waals surface area (Å²) < 4.78 is 0.957. The summed E-state index contributed by atoms with van der Waals surface area (Å²) in [7, 11) is 0. The first-order valence-electron chi connectivity index (χ1n) is 4.16. The van der Waals surface area contributed by atoms with E-state index in [1.807, 2.05) is 5.38 Å². The summed E-state index contributed by atoms with van der Waals surface area (Å²) in [5.41, 5.74) is 0.304. The molecule has 0 unspecified atom stereocenters. The fourth-order valence-corrected chi connectivity index (χ4v) is 2.62. The molecule has 1 N–H and O–H groups in total. The van der Waals surface area contributed by atoms with Gasteiger partial charge in [-0.05, 0) is 24.3 Å². The zero-order valence-electron chi connectivity index (χ0n) is 7.58. The Bertz CT molecular complexity index is 451. The standard InChI is InChI=1S/C10H7NO2S2/c12-9(13)7-1-3-8(4-2-7)15-10-11-5-6-14-10/h1-6H,(H,12,13). The van der Waals surface area contributed by atoms with E-state index < -0.39 is 5.97 Å². The molecule has 0 fully saturated rings. The number of carboxylic acid groups (broad SMARTS) is 1. The summed E-state index contributed by atoms with van der Waals surface area (Å²) in [6.07, 6.45) is 1.75. The fourth-order valence-electron chi connectivity index (χ4n) is 1.03. The lowest BCUT2D eigenvalue weighted by atomic mass is 10.2. The second kappa shape index (κ2) is 4.46. The maximum absolute atomic E-state index is 10.6. The van der Waals surface area contributed by atoms with Crippen LogP contribution in [0.3, 0.4) is 0 Å². The zero-order valence-corrected chi connectivity index (χ0v) is 9.22. The highest BCUT2D eigenvalue weighted by Gasteiger charge is 2.03. The van der Waals surface area contributed by atoms with Crippen LogP contribution in [-0.2, 0) is 0 Å². The summed E-state index contributed by atoms with van der Waals surface area (Å²) in [6.45, 7) is 0. The Morgan fingerprint density at radius 1 is 1.33 bits per heavy atom. The van der Waals surface area contributed by atoms with Crippen LogP contribution in [0.2, 0.25) is 0 Å². The van der Waals surface area contributed by atoms with Gasteiger partial charge in [-0.25, -0.2) is 9.78 Å². The van der Waals surface area contributed by atoms with E-state index in [1.54, 1.807) is 41.8 Å². The van der Waals surface area contributed by atoms with E-state index in [2.05, 4.69) is 4.98 Å². The molecule has 2 aromatic rings. The lowest BCUT2D eigenvalue weighted by molar-refractivity contribution is 0.0697. The Morgan fingerprint density at radius 3 is 2.60 bits per heavy atom. The molecule has 1 aromatic carbocycles. The number of carbonyl (C=O) groups is 1. The normalized spacial score (nSPS) is 10.1. The lowest BCUT2D eigenvalue weighted by Crippen LogP contribution is -1.94. The number of carboxylic acids is 1. The molecule has 0 radical (unpaired) electrons. The number of thiazole rings is 1. The number of hydrogen-bond donors (Lipinski definition) is 1. The zero-order chi connectivity index (χ0) is 10.7. The van der Waals surface area contributed by atoms with E-state index in [0.29, 0.717) is 5.56 Å². The number of hydrogen-bond acceptors (Lipinski definition) is 4. The van der Waals surface area contributed by atoms with Gasteiger partial charge in [0.2, 0.25) is 0 Å².